The molecule has 0 aromatic heterocycles. The van der Waals surface area contributed by atoms with E-state index in [9.17, 15) is 9.59 Å². The lowest BCUT2D eigenvalue weighted by Gasteiger charge is -2.19. The van der Waals surface area contributed by atoms with Crippen LogP contribution in [0.25, 0.3) is 0 Å². The summed E-state index contributed by atoms with van der Waals surface area (Å²) in [6, 6.07) is 0. The number of nitrogens with two attached hydrogens (primary N) is 1. The first-order chi connectivity index (χ1) is 9.11. The van der Waals surface area contributed by atoms with Gasteiger partial charge in [-0.25, -0.2) is 0 Å². The van der Waals surface area contributed by atoms with E-state index in [1.165, 1.54) is 37.0 Å². The Morgan fingerprint density at radius 1 is 1.00 bits per heavy atom. The van der Waals surface area contributed by atoms with E-state index in [1.54, 1.807) is 0 Å². The van der Waals surface area contributed by atoms with Crippen molar-refractivity contribution in [1.82, 2.24) is 4.90 Å². The van der Waals surface area contributed by atoms with Crippen molar-refractivity contribution in [3.63, 3.8) is 0 Å². The van der Waals surface area contributed by atoms with Crippen LogP contribution in [0.3, 0.4) is 0 Å². The van der Waals surface area contributed by atoms with Crippen LogP contribution in [0.15, 0.2) is 0 Å². The molecule has 19 heavy (non-hydrogen) atoms. The molecule has 0 aromatic carbocycles. The lowest BCUT2D eigenvalue weighted by molar-refractivity contribution is -0.143. The summed E-state index contributed by atoms with van der Waals surface area (Å²) in [5.41, 5.74) is 5.26. The highest BCUT2D eigenvalue weighted by Gasteiger charge is 2.14. The number of carbonyl (C=O) groups excluding carboxylic acids is 1. The minimum absolute atomic E-state index is 0.121. The molecule has 0 rings (SSSR count). The summed E-state index contributed by atoms with van der Waals surface area (Å²) >= 11 is 0. The van der Waals surface area contributed by atoms with Gasteiger partial charge in [0.2, 0.25) is 5.91 Å². The van der Waals surface area contributed by atoms with Crippen LogP contribution in [-0.4, -0.2) is 41.5 Å². The molecule has 0 saturated heterocycles. The van der Waals surface area contributed by atoms with Gasteiger partial charge in [-0.1, -0.05) is 51.9 Å². The molecule has 0 heterocycles. The molecule has 112 valence electrons. The molecular formula is C14H28N2O3. The quantitative estimate of drug-likeness (QED) is 0.532. The van der Waals surface area contributed by atoms with Crippen molar-refractivity contribution in [2.45, 2.75) is 58.3 Å². The maximum atomic E-state index is 11.4. The first-order valence-electron chi connectivity index (χ1n) is 7.31. The van der Waals surface area contributed by atoms with Crippen molar-refractivity contribution in [3.05, 3.63) is 0 Å². The Hall–Kier alpha value is -1.10. The van der Waals surface area contributed by atoms with Gasteiger partial charge in [-0.05, 0) is 6.42 Å². The summed E-state index contributed by atoms with van der Waals surface area (Å²) in [5, 5.41) is 8.72. The van der Waals surface area contributed by atoms with Crippen LogP contribution in [0.1, 0.15) is 58.3 Å². The zero-order valence-electron chi connectivity index (χ0n) is 12.1. The smallest absolute Gasteiger partial charge is 0.323 e. The van der Waals surface area contributed by atoms with E-state index in [0.717, 1.165) is 19.3 Å². The molecule has 5 heteroatoms. The number of hydrogen-bond donors (Lipinski definition) is 2. The van der Waals surface area contributed by atoms with E-state index in [2.05, 4.69) is 6.92 Å². The fourth-order valence-corrected chi connectivity index (χ4v) is 2.02. The minimum Gasteiger partial charge on any atom is -0.480 e. The van der Waals surface area contributed by atoms with Crippen LogP contribution in [0.5, 0.6) is 0 Å². The number of amides is 1. The van der Waals surface area contributed by atoms with Crippen molar-refractivity contribution in [3.8, 4) is 0 Å². The summed E-state index contributed by atoms with van der Waals surface area (Å²) in [4.78, 5) is 23.4. The van der Waals surface area contributed by atoms with Crippen molar-refractivity contribution in [1.29, 1.82) is 0 Å². The highest BCUT2D eigenvalue weighted by atomic mass is 16.4. The molecule has 0 aromatic rings. The van der Waals surface area contributed by atoms with Crippen molar-refractivity contribution < 1.29 is 14.7 Å². The number of rotatable bonds is 12. The van der Waals surface area contributed by atoms with Gasteiger partial charge in [-0.3, -0.25) is 9.59 Å². The number of hydrogen-bond acceptors (Lipinski definition) is 3. The van der Waals surface area contributed by atoms with Gasteiger partial charge in [0.25, 0.3) is 0 Å². The summed E-state index contributed by atoms with van der Waals surface area (Å²) in [6.45, 7) is 2.33. The monoisotopic (exact) mass is 272 g/mol. The Morgan fingerprint density at radius 3 is 2.00 bits per heavy atom. The Balaban J connectivity index is 3.63. The molecule has 0 atom stereocenters. The van der Waals surface area contributed by atoms with Crippen LogP contribution < -0.4 is 5.73 Å². The Kier molecular flexibility index (Phi) is 11.3. The predicted molar refractivity (Wildman–Crippen MR) is 75.9 cm³/mol. The van der Waals surface area contributed by atoms with E-state index in [1.807, 2.05) is 0 Å². The third kappa shape index (κ3) is 10.5. The fraction of sp³-hybridized carbons (Fsp3) is 0.857. The fourth-order valence-electron chi connectivity index (χ4n) is 2.02. The van der Waals surface area contributed by atoms with Crippen molar-refractivity contribution in [2.75, 3.05) is 19.6 Å². The molecule has 0 spiro atoms. The van der Waals surface area contributed by atoms with Gasteiger partial charge >= 0.3 is 5.97 Å². The van der Waals surface area contributed by atoms with E-state index in [0.29, 0.717) is 6.54 Å². The van der Waals surface area contributed by atoms with Crippen molar-refractivity contribution >= 4 is 11.9 Å². The Morgan fingerprint density at radius 2 is 1.53 bits per heavy atom. The SMILES string of the molecule is CCCCCCCCCCN(CC(=O)O)C(=O)CN. The molecular weight excluding hydrogens is 244 g/mol. The largest absolute Gasteiger partial charge is 0.480 e. The third-order valence-electron chi connectivity index (χ3n) is 3.14. The summed E-state index contributed by atoms with van der Waals surface area (Å²) in [6.07, 6.45) is 9.41. The van der Waals surface area contributed by atoms with Gasteiger partial charge in [-0.2, -0.15) is 0 Å². The highest BCUT2D eigenvalue weighted by Crippen LogP contribution is 2.08. The second-order valence-corrected chi connectivity index (χ2v) is 4.89. The number of carbonyl (C=O) groups is 2. The van der Waals surface area contributed by atoms with Crippen molar-refractivity contribution in [2.24, 2.45) is 5.73 Å². The summed E-state index contributed by atoms with van der Waals surface area (Å²) in [7, 11) is 0. The first-order valence-corrected chi connectivity index (χ1v) is 7.31. The van der Waals surface area contributed by atoms with Crippen LogP contribution in [0.4, 0.5) is 0 Å². The van der Waals surface area contributed by atoms with Crippen LogP contribution in [0.2, 0.25) is 0 Å². The summed E-state index contributed by atoms with van der Waals surface area (Å²) < 4.78 is 0. The molecule has 0 aliphatic carbocycles. The molecule has 0 fully saturated rings. The maximum Gasteiger partial charge on any atom is 0.323 e. The molecule has 0 unspecified atom stereocenters. The number of carboxylic acid groups (broad SMARTS) is 1. The Bertz CT molecular complexity index is 257. The van der Waals surface area contributed by atoms with E-state index in [-0.39, 0.29) is 19.0 Å². The predicted octanol–water partition coefficient (Wildman–Crippen LogP) is 2.00. The third-order valence-corrected chi connectivity index (χ3v) is 3.14. The van der Waals surface area contributed by atoms with Gasteiger partial charge in [0.05, 0.1) is 6.54 Å². The van der Waals surface area contributed by atoms with Gasteiger partial charge in [0.15, 0.2) is 0 Å². The van der Waals surface area contributed by atoms with E-state index < -0.39 is 5.97 Å². The zero-order valence-corrected chi connectivity index (χ0v) is 12.1. The second-order valence-electron chi connectivity index (χ2n) is 4.89. The molecule has 0 saturated carbocycles. The molecule has 5 nitrogen and oxygen atoms in total. The lowest BCUT2D eigenvalue weighted by atomic mass is 10.1. The highest BCUT2D eigenvalue weighted by molar-refractivity contribution is 5.82. The van der Waals surface area contributed by atoms with E-state index >= 15 is 0 Å². The Labute approximate surface area is 116 Å². The average Bonchev–Trinajstić information content (AvgIpc) is 2.39. The number of carboxylic acids is 1. The van der Waals surface area contributed by atoms with Gasteiger partial charge in [0, 0.05) is 6.54 Å². The summed E-state index contributed by atoms with van der Waals surface area (Å²) in [5.74, 6) is -1.27. The van der Waals surface area contributed by atoms with Gasteiger partial charge in [0.1, 0.15) is 6.54 Å². The number of unbranched alkanes of at least 4 members (excludes halogenated alkanes) is 7. The second kappa shape index (κ2) is 12.0. The molecule has 1 amide bonds. The molecule has 3 N–H and O–H groups in total. The van der Waals surface area contributed by atoms with Crippen LogP contribution >= 0.6 is 0 Å². The lowest BCUT2D eigenvalue weighted by Crippen LogP contribution is -2.40. The number of nitrogens with zero attached hydrogens (tertiary/aromatic N) is 1. The standard InChI is InChI=1S/C14H28N2O3/c1-2-3-4-5-6-7-8-9-10-16(12-14(18)19)13(17)11-15/h2-12,15H2,1H3,(H,18,19). The number of aliphatic carboxylic acids is 1. The normalized spacial score (nSPS) is 10.4. The average molecular weight is 272 g/mol. The molecule has 0 aliphatic rings. The van der Waals surface area contributed by atoms with Gasteiger partial charge < -0.3 is 15.7 Å². The van der Waals surface area contributed by atoms with E-state index in [4.69, 9.17) is 10.8 Å². The topological polar surface area (TPSA) is 83.6 Å². The first kappa shape index (κ1) is 17.9. The maximum absolute atomic E-state index is 11.4. The van der Waals surface area contributed by atoms with Crippen LogP contribution in [0, 0.1) is 0 Å². The molecule has 0 aliphatic heterocycles. The molecule has 0 bridgehead atoms. The minimum atomic E-state index is -0.985. The van der Waals surface area contributed by atoms with Crippen LogP contribution in [-0.2, 0) is 9.59 Å². The van der Waals surface area contributed by atoms with Gasteiger partial charge in [-0.15, -0.1) is 0 Å². The molecule has 0 radical (unpaired) electrons. The zero-order chi connectivity index (χ0) is 14.5.